The van der Waals surface area contributed by atoms with Crippen LogP contribution in [-0.4, -0.2) is 30.3 Å². The average Bonchev–Trinajstić information content (AvgIpc) is 3.19. The second-order valence-electron chi connectivity index (χ2n) is 7.58. The van der Waals surface area contributed by atoms with Crippen molar-refractivity contribution in [1.82, 2.24) is 4.90 Å². The van der Waals surface area contributed by atoms with E-state index in [-0.39, 0.29) is 24.4 Å². The highest BCUT2D eigenvalue weighted by molar-refractivity contribution is 6.10. The van der Waals surface area contributed by atoms with Crippen molar-refractivity contribution < 1.29 is 9.59 Å². The van der Waals surface area contributed by atoms with Crippen LogP contribution in [0.25, 0.3) is 0 Å². The van der Waals surface area contributed by atoms with Gasteiger partial charge < -0.3 is 10.6 Å². The second-order valence-corrected chi connectivity index (χ2v) is 7.58. The summed E-state index contributed by atoms with van der Waals surface area (Å²) in [5.41, 5.74) is 4.32. The number of fused-ring (bicyclic) bond motifs is 1. The number of nitrogens with zero attached hydrogens (tertiary/aromatic N) is 1. The molecule has 0 unspecified atom stereocenters. The Morgan fingerprint density at radius 3 is 2.43 bits per heavy atom. The monoisotopic (exact) mass is 399 g/mol. The van der Waals surface area contributed by atoms with Gasteiger partial charge in [0.05, 0.1) is 17.8 Å². The molecule has 1 aliphatic carbocycles. The maximum Gasteiger partial charge on any atom is 0.257 e. The summed E-state index contributed by atoms with van der Waals surface area (Å²) in [5, 5.41) is 5.78. The first-order valence-corrected chi connectivity index (χ1v) is 10.1. The molecule has 2 amide bonds. The fraction of sp³-hybridized carbons (Fsp3) is 0.200. The largest absolute Gasteiger partial charge is 0.324 e. The lowest BCUT2D eigenvalue weighted by Crippen LogP contribution is -2.33. The molecule has 2 N–H and O–H groups in total. The van der Waals surface area contributed by atoms with Gasteiger partial charge >= 0.3 is 0 Å². The summed E-state index contributed by atoms with van der Waals surface area (Å²) in [6.45, 7) is 0.258. The van der Waals surface area contributed by atoms with Crippen LogP contribution >= 0.6 is 0 Å². The highest BCUT2D eigenvalue weighted by atomic mass is 16.2. The van der Waals surface area contributed by atoms with Crippen molar-refractivity contribution in [3.05, 3.63) is 95.6 Å². The van der Waals surface area contributed by atoms with E-state index in [1.54, 1.807) is 18.2 Å². The maximum absolute atomic E-state index is 12.7. The number of anilines is 2. The fourth-order valence-corrected chi connectivity index (χ4v) is 4.03. The Balaban J connectivity index is 1.42. The lowest BCUT2D eigenvalue weighted by atomic mass is 10.1. The number of hydrogen-bond acceptors (Lipinski definition) is 3. The molecular formula is C25H25N3O2. The molecule has 0 radical (unpaired) electrons. The van der Waals surface area contributed by atoms with E-state index in [4.69, 9.17) is 0 Å². The van der Waals surface area contributed by atoms with Gasteiger partial charge in [0.1, 0.15) is 0 Å². The van der Waals surface area contributed by atoms with Crippen LogP contribution in [-0.2, 0) is 11.2 Å². The van der Waals surface area contributed by atoms with Crippen molar-refractivity contribution >= 4 is 23.2 Å². The van der Waals surface area contributed by atoms with Crippen LogP contribution < -0.4 is 10.6 Å². The molecule has 152 valence electrons. The van der Waals surface area contributed by atoms with E-state index in [9.17, 15) is 9.59 Å². The van der Waals surface area contributed by atoms with Gasteiger partial charge in [0.2, 0.25) is 5.91 Å². The van der Waals surface area contributed by atoms with Crippen molar-refractivity contribution in [3.63, 3.8) is 0 Å². The minimum atomic E-state index is -0.254. The van der Waals surface area contributed by atoms with E-state index in [1.165, 1.54) is 11.1 Å². The zero-order valence-corrected chi connectivity index (χ0v) is 17.0. The van der Waals surface area contributed by atoms with Gasteiger partial charge in [-0.25, -0.2) is 0 Å². The Morgan fingerprint density at radius 2 is 1.60 bits per heavy atom. The quantitative estimate of drug-likeness (QED) is 0.642. The molecule has 3 aromatic carbocycles. The molecule has 5 heteroatoms. The van der Waals surface area contributed by atoms with Crippen molar-refractivity contribution in [2.24, 2.45) is 0 Å². The Morgan fingerprint density at radius 1 is 0.900 bits per heavy atom. The number of amides is 2. The van der Waals surface area contributed by atoms with Crippen LogP contribution in [0.3, 0.4) is 0 Å². The zero-order valence-electron chi connectivity index (χ0n) is 17.0. The minimum Gasteiger partial charge on any atom is -0.324 e. The van der Waals surface area contributed by atoms with Crippen molar-refractivity contribution in [2.45, 2.75) is 18.9 Å². The molecule has 4 rings (SSSR count). The highest BCUT2D eigenvalue weighted by Crippen LogP contribution is 2.34. The zero-order chi connectivity index (χ0) is 20.9. The van der Waals surface area contributed by atoms with E-state index < -0.39 is 0 Å². The van der Waals surface area contributed by atoms with E-state index in [2.05, 4.69) is 33.7 Å². The number of carbonyl (C=O) groups excluding carboxylic acids is 2. The minimum absolute atomic E-state index is 0.137. The third kappa shape index (κ3) is 4.42. The predicted molar refractivity (Wildman–Crippen MR) is 120 cm³/mol. The van der Waals surface area contributed by atoms with Crippen molar-refractivity contribution in [1.29, 1.82) is 0 Å². The van der Waals surface area contributed by atoms with E-state index in [1.807, 2.05) is 49.5 Å². The summed E-state index contributed by atoms with van der Waals surface area (Å²) in [7, 11) is 1.97. The van der Waals surface area contributed by atoms with Gasteiger partial charge in [-0.1, -0.05) is 54.6 Å². The summed E-state index contributed by atoms with van der Waals surface area (Å²) in [6, 6.07) is 25.0. The highest BCUT2D eigenvalue weighted by Gasteiger charge is 2.26. The Kier molecular flexibility index (Phi) is 5.91. The second kappa shape index (κ2) is 8.93. The van der Waals surface area contributed by atoms with Crippen LogP contribution in [0.1, 0.15) is 33.9 Å². The summed E-state index contributed by atoms with van der Waals surface area (Å²) >= 11 is 0. The normalized spacial score (nSPS) is 14.9. The number of aryl methyl sites for hydroxylation is 1. The van der Waals surface area contributed by atoms with E-state index in [0.29, 0.717) is 16.9 Å². The summed E-state index contributed by atoms with van der Waals surface area (Å²) < 4.78 is 0. The van der Waals surface area contributed by atoms with Crippen LogP contribution in [0, 0.1) is 0 Å². The lowest BCUT2D eigenvalue weighted by molar-refractivity contribution is -0.117. The van der Waals surface area contributed by atoms with Gasteiger partial charge in [-0.3, -0.25) is 14.5 Å². The van der Waals surface area contributed by atoms with Crippen LogP contribution in [0.5, 0.6) is 0 Å². The van der Waals surface area contributed by atoms with Crippen molar-refractivity contribution in [3.8, 4) is 0 Å². The third-order valence-corrected chi connectivity index (χ3v) is 5.50. The van der Waals surface area contributed by atoms with Gasteiger partial charge in [-0.15, -0.1) is 0 Å². The van der Waals surface area contributed by atoms with Gasteiger partial charge in [0, 0.05) is 11.7 Å². The summed E-state index contributed by atoms with van der Waals surface area (Å²) in [4.78, 5) is 27.5. The molecule has 0 heterocycles. The number of nitrogens with one attached hydrogen (secondary N) is 2. The fourth-order valence-electron chi connectivity index (χ4n) is 4.03. The molecule has 30 heavy (non-hydrogen) atoms. The third-order valence-electron chi connectivity index (χ3n) is 5.50. The van der Waals surface area contributed by atoms with Gasteiger partial charge in [0.25, 0.3) is 5.91 Å². The van der Waals surface area contributed by atoms with Crippen LogP contribution in [0.2, 0.25) is 0 Å². The molecule has 0 saturated carbocycles. The molecule has 1 aliphatic rings. The Bertz CT molecular complexity index is 1050. The average molecular weight is 399 g/mol. The maximum atomic E-state index is 12.7. The molecular weight excluding hydrogens is 374 g/mol. The first kappa shape index (κ1) is 19.9. The number of carbonyl (C=O) groups is 2. The molecule has 5 nitrogen and oxygen atoms in total. The number of hydrogen-bond donors (Lipinski definition) is 2. The first-order valence-electron chi connectivity index (χ1n) is 10.1. The molecule has 0 bridgehead atoms. The van der Waals surface area contributed by atoms with Crippen LogP contribution in [0.4, 0.5) is 11.4 Å². The number of likely N-dealkylation sites (N-methyl/N-ethyl adjacent to an activating group) is 1. The van der Waals surface area contributed by atoms with E-state index in [0.717, 1.165) is 12.8 Å². The molecule has 0 saturated heterocycles. The summed E-state index contributed by atoms with van der Waals surface area (Å²) in [6.07, 6.45) is 2.05. The molecule has 0 aromatic heterocycles. The molecule has 0 fully saturated rings. The number of benzene rings is 3. The topological polar surface area (TPSA) is 61.4 Å². The Labute approximate surface area is 176 Å². The van der Waals surface area contributed by atoms with Gasteiger partial charge in [0.15, 0.2) is 0 Å². The smallest absolute Gasteiger partial charge is 0.257 e. The standard InChI is InChI=1S/C25H25N3O2/c1-28(23-16-15-18-9-5-6-12-20(18)23)17-24(29)27-22-14-8-7-13-21(22)25(30)26-19-10-3-2-4-11-19/h2-14,23H,15-17H2,1H3,(H,26,30)(H,27,29)/t23-/m0/s1. The molecule has 3 aromatic rings. The van der Waals surface area contributed by atoms with E-state index >= 15 is 0 Å². The van der Waals surface area contributed by atoms with Gasteiger partial charge in [-0.2, -0.15) is 0 Å². The van der Waals surface area contributed by atoms with Crippen LogP contribution in [0.15, 0.2) is 78.9 Å². The molecule has 1 atom stereocenters. The molecule has 0 aliphatic heterocycles. The Hall–Kier alpha value is -3.44. The first-order chi connectivity index (χ1) is 14.6. The number of para-hydroxylation sites is 2. The van der Waals surface area contributed by atoms with Crippen molar-refractivity contribution in [2.75, 3.05) is 24.2 Å². The van der Waals surface area contributed by atoms with Gasteiger partial charge in [-0.05, 0) is 55.3 Å². The lowest BCUT2D eigenvalue weighted by Gasteiger charge is -2.24. The predicted octanol–water partition coefficient (Wildman–Crippen LogP) is 4.50. The molecule has 0 spiro atoms. The number of rotatable bonds is 6. The SMILES string of the molecule is CN(CC(=O)Nc1ccccc1C(=O)Nc1ccccc1)[C@H]1CCc2ccccc21. The summed E-state index contributed by atoms with van der Waals surface area (Å²) in [5.74, 6) is -0.392.